The van der Waals surface area contributed by atoms with Crippen LogP contribution < -0.4 is 9.80 Å². The van der Waals surface area contributed by atoms with Crippen LogP contribution in [0, 0.1) is 5.82 Å². The van der Waals surface area contributed by atoms with E-state index in [1.54, 1.807) is 12.1 Å². The molecule has 0 aromatic heterocycles. The number of hydrogen-bond donors (Lipinski definition) is 0. The maximum atomic E-state index is 13.3. The Labute approximate surface area is 166 Å². The van der Waals surface area contributed by atoms with Crippen molar-refractivity contribution >= 4 is 23.0 Å². The van der Waals surface area contributed by atoms with Gasteiger partial charge in [0.2, 0.25) is 5.91 Å². The number of para-hydroxylation sites is 2. The second-order valence-corrected chi connectivity index (χ2v) is 7.79. The first kappa shape index (κ1) is 18.9. The number of fused-ring (bicyclic) bond motifs is 1. The molecule has 1 amide bonds. The van der Waals surface area contributed by atoms with Crippen molar-refractivity contribution < 1.29 is 9.18 Å². The van der Waals surface area contributed by atoms with Crippen molar-refractivity contribution in [3.63, 3.8) is 0 Å². The third-order valence-corrected chi connectivity index (χ3v) is 6.00. The molecule has 0 bridgehead atoms. The van der Waals surface area contributed by atoms with Crippen LogP contribution >= 0.6 is 0 Å². The molecule has 0 aliphatic carbocycles. The lowest BCUT2D eigenvalue weighted by atomic mass is 10.0. The highest BCUT2D eigenvalue weighted by atomic mass is 19.1. The Hall–Kier alpha value is -2.40. The molecule has 0 saturated carbocycles. The van der Waals surface area contributed by atoms with Gasteiger partial charge in [-0.1, -0.05) is 18.6 Å². The molecule has 148 valence electrons. The first-order valence-corrected chi connectivity index (χ1v) is 10.3. The van der Waals surface area contributed by atoms with E-state index in [0.717, 1.165) is 30.2 Å². The Morgan fingerprint density at radius 1 is 1.00 bits per heavy atom. The van der Waals surface area contributed by atoms with Crippen molar-refractivity contribution in [2.24, 2.45) is 0 Å². The Morgan fingerprint density at radius 3 is 2.50 bits per heavy atom. The summed E-state index contributed by atoms with van der Waals surface area (Å²) in [6, 6.07) is 15.1. The number of hydrogen-bond acceptors (Lipinski definition) is 3. The van der Waals surface area contributed by atoms with Crippen molar-refractivity contribution in [1.29, 1.82) is 0 Å². The molecule has 1 saturated heterocycles. The van der Waals surface area contributed by atoms with E-state index in [2.05, 4.69) is 16.7 Å². The molecular weight excluding hydrogens is 353 g/mol. The van der Waals surface area contributed by atoms with Gasteiger partial charge in [-0.2, -0.15) is 0 Å². The highest BCUT2D eigenvalue weighted by Gasteiger charge is 2.28. The van der Waals surface area contributed by atoms with Gasteiger partial charge in [-0.15, -0.1) is 0 Å². The van der Waals surface area contributed by atoms with Crippen molar-refractivity contribution in [2.45, 2.75) is 38.6 Å². The second kappa shape index (κ2) is 8.31. The van der Waals surface area contributed by atoms with Gasteiger partial charge in [0, 0.05) is 37.8 Å². The third-order valence-electron chi connectivity index (χ3n) is 6.00. The van der Waals surface area contributed by atoms with Gasteiger partial charge in [0.05, 0.1) is 11.4 Å². The normalized spacial score (nSPS) is 20.1. The summed E-state index contributed by atoms with van der Waals surface area (Å²) >= 11 is 0. The van der Waals surface area contributed by atoms with Crippen LogP contribution in [0.3, 0.4) is 0 Å². The summed E-state index contributed by atoms with van der Waals surface area (Å²) in [6.07, 6.45) is 4.31. The summed E-state index contributed by atoms with van der Waals surface area (Å²) in [6.45, 7) is 5.54. The van der Waals surface area contributed by atoms with E-state index in [9.17, 15) is 9.18 Å². The highest BCUT2D eigenvalue weighted by Crippen LogP contribution is 2.37. The number of carbonyl (C=O) groups is 1. The molecule has 0 N–H and O–H groups in total. The van der Waals surface area contributed by atoms with Crippen LogP contribution in [0.15, 0.2) is 48.5 Å². The van der Waals surface area contributed by atoms with Crippen LogP contribution in [0.5, 0.6) is 0 Å². The summed E-state index contributed by atoms with van der Waals surface area (Å²) in [5, 5.41) is 0. The molecule has 2 aliphatic heterocycles. The molecule has 2 aromatic rings. The number of anilines is 3. The second-order valence-electron chi connectivity index (χ2n) is 7.79. The molecule has 2 aliphatic rings. The van der Waals surface area contributed by atoms with E-state index in [1.165, 1.54) is 31.4 Å². The van der Waals surface area contributed by atoms with Gasteiger partial charge in [0.25, 0.3) is 0 Å². The fourth-order valence-corrected chi connectivity index (χ4v) is 4.37. The minimum absolute atomic E-state index is 0.184. The Balaban J connectivity index is 1.49. The van der Waals surface area contributed by atoms with Crippen LogP contribution in [0.1, 0.15) is 32.6 Å². The lowest BCUT2D eigenvalue weighted by molar-refractivity contribution is -0.119. The zero-order valence-corrected chi connectivity index (χ0v) is 16.5. The zero-order valence-electron chi connectivity index (χ0n) is 16.5. The topological polar surface area (TPSA) is 26.8 Å². The molecule has 0 radical (unpaired) electrons. The summed E-state index contributed by atoms with van der Waals surface area (Å²) in [5.74, 6) is -0.0539. The average Bonchev–Trinajstić information content (AvgIpc) is 2.73. The van der Waals surface area contributed by atoms with Gasteiger partial charge in [0.15, 0.2) is 0 Å². The standard InChI is InChI=1S/C23H28FN3O/c1-18-6-4-5-14-25(18)15-13-23(28)27-17-16-26(20-11-9-19(24)10-12-20)21-7-2-3-8-22(21)27/h2-3,7-12,18H,4-6,13-17H2,1H3. The van der Waals surface area contributed by atoms with E-state index in [4.69, 9.17) is 0 Å². The molecule has 2 aromatic carbocycles. The Morgan fingerprint density at radius 2 is 1.75 bits per heavy atom. The maximum Gasteiger partial charge on any atom is 0.228 e. The van der Waals surface area contributed by atoms with Crippen LogP contribution in [0.2, 0.25) is 0 Å². The van der Waals surface area contributed by atoms with Gasteiger partial charge in [-0.25, -0.2) is 4.39 Å². The first-order valence-electron chi connectivity index (χ1n) is 10.3. The van der Waals surface area contributed by atoms with E-state index < -0.39 is 0 Å². The summed E-state index contributed by atoms with van der Waals surface area (Å²) < 4.78 is 13.3. The van der Waals surface area contributed by atoms with Gasteiger partial charge in [-0.3, -0.25) is 4.79 Å². The lowest BCUT2D eigenvalue weighted by Gasteiger charge is -2.38. The molecule has 4 nitrogen and oxygen atoms in total. The van der Waals surface area contributed by atoms with Gasteiger partial charge >= 0.3 is 0 Å². The predicted octanol–water partition coefficient (Wildman–Crippen LogP) is 4.57. The van der Waals surface area contributed by atoms with Gasteiger partial charge in [0.1, 0.15) is 5.82 Å². The fourth-order valence-electron chi connectivity index (χ4n) is 4.37. The Kier molecular flexibility index (Phi) is 5.62. The van der Waals surface area contributed by atoms with Crippen LogP contribution in [0.4, 0.5) is 21.5 Å². The number of amides is 1. The predicted molar refractivity (Wildman–Crippen MR) is 112 cm³/mol. The highest BCUT2D eigenvalue weighted by molar-refractivity contribution is 5.98. The van der Waals surface area contributed by atoms with Crippen molar-refractivity contribution in [1.82, 2.24) is 4.90 Å². The number of benzene rings is 2. The largest absolute Gasteiger partial charge is 0.338 e. The van der Waals surface area contributed by atoms with E-state index >= 15 is 0 Å². The SMILES string of the molecule is CC1CCCCN1CCC(=O)N1CCN(c2ccc(F)cc2)c2ccccc21. The molecule has 5 heteroatoms. The van der Waals surface area contributed by atoms with Gasteiger partial charge < -0.3 is 14.7 Å². The summed E-state index contributed by atoms with van der Waals surface area (Å²) in [4.78, 5) is 19.6. The first-order chi connectivity index (χ1) is 13.6. The quantitative estimate of drug-likeness (QED) is 0.776. The monoisotopic (exact) mass is 381 g/mol. The smallest absolute Gasteiger partial charge is 0.228 e. The third kappa shape index (κ3) is 3.90. The number of piperidine rings is 1. The van der Waals surface area contributed by atoms with E-state index in [0.29, 0.717) is 25.6 Å². The Bertz CT molecular complexity index is 823. The van der Waals surface area contributed by atoms with E-state index in [-0.39, 0.29) is 11.7 Å². The number of carbonyl (C=O) groups excluding carboxylic acids is 1. The van der Waals surface area contributed by atoms with Crippen molar-refractivity contribution in [3.05, 3.63) is 54.3 Å². The molecular formula is C23H28FN3O. The molecule has 28 heavy (non-hydrogen) atoms. The van der Waals surface area contributed by atoms with Crippen LogP contribution in [-0.2, 0) is 4.79 Å². The maximum absolute atomic E-state index is 13.3. The van der Waals surface area contributed by atoms with Crippen LogP contribution in [0.25, 0.3) is 0 Å². The molecule has 1 fully saturated rings. The molecule has 2 heterocycles. The number of nitrogens with zero attached hydrogens (tertiary/aromatic N) is 3. The molecule has 4 rings (SSSR count). The summed E-state index contributed by atoms with van der Waals surface area (Å²) in [5.41, 5.74) is 2.89. The molecule has 0 spiro atoms. The van der Waals surface area contributed by atoms with Gasteiger partial charge in [-0.05, 0) is 62.7 Å². The molecule has 1 unspecified atom stereocenters. The van der Waals surface area contributed by atoms with Crippen LogP contribution in [-0.4, -0.2) is 43.0 Å². The summed E-state index contributed by atoms with van der Waals surface area (Å²) in [7, 11) is 0. The van der Waals surface area contributed by atoms with E-state index in [1.807, 2.05) is 29.2 Å². The number of halogens is 1. The number of likely N-dealkylation sites (tertiary alicyclic amines) is 1. The average molecular weight is 381 g/mol. The lowest BCUT2D eigenvalue weighted by Crippen LogP contribution is -2.44. The van der Waals surface area contributed by atoms with Crippen molar-refractivity contribution in [2.75, 3.05) is 36.0 Å². The van der Waals surface area contributed by atoms with Crippen molar-refractivity contribution in [3.8, 4) is 0 Å². The minimum atomic E-state index is -0.238. The minimum Gasteiger partial charge on any atom is -0.338 e. The zero-order chi connectivity index (χ0) is 19.5. The molecule has 1 atom stereocenters. The fraction of sp³-hybridized carbons (Fsp3) is 0.435. The number of rotatable bonds is 4.